The van der Waals surface area contributed by atoms with Crippen LogP contribution in [0.25, 0.3) is 0 Å². The quantitative estimate of drug-likeness (QED) is 0.796. The molecule has 0 radical (unpaired) electrons. The van der Waals surface area contributed by atoms with Crippen molar-refractivity contribution in [3.05, 3.63) is 17.5 Å². The van der Waals surface area contributed by atoms with Crippen LogP contribution in [0, 0.1) is 0 Å². The maximum Gasteiger partial charge on any atom is 0.135 e. The van der Waals surface area contributed by atoms with Gasteiger partial charge in [-0.1, -0.05) is 6.92 Å². The first-order chi connectivity index (χ1) is 8.22. The zero-order chi connectivity index (χ0) is 12.3. The molecule has 0 spiro atoms. The topological polar surface area (TPSA) is 38.1 Å². The van der Waals surface area contributed by atoms with E-state index in [1.165, 1.54) is 5.69 Å². The molecule has 4 heteroatoms. The van der Waals surface area contributed by atoms with Crippen molar-refractivity contribution in [1.29, 1.82) is 0 Å². The van der Waals surface area contributed by atoms with Crippen LogP contribution in [0.2, 0.25) is 0 Å². The minimum Gasteiger partial charge on any atom is -0.300 e. The minimum atomic E-state index is 0.402. The van der Waals surface area contributed by atoms with E-state index in [9.17, 15) is 4.79 Å². The maximum absolute atomic E-state index is 11.2. The van der Waals surface area contributed by atoms with E-state index >= 15 is 0 Å². The highest BCUT2D eigenvalue weighted by Crippen LogP contribution is 2.13. The molecule has 0 unspecified atom stereocenters. The number of nitrogens with zero attached hydrogens (tertiary/aromatic N) is 3. The van der Waals surface area contributed by atoms with Crippen LogP contribution >= 0.6 is 0 Å². The number of likely N-dealkylation sites (tertiary alicyclic amines) is 1. The molecule has 1 saturated heterocycles. The third kappa shape index (κ3) is 2.94. The first kappa shape index (κ1) is 12.3. The number of hydrogen-bond donors (Lipinski definition) is 0. The predicted molar refractivity (Wildman–Crippen MR) is 66.8 cm³/mol. The van der Waals surface area contributed by atoms with Crippen LogP contribution in [0.3, 0.4) is 0 Å². The lowest BCUT2D eigenvalue weighted by Gasteiger charge is -2.25. The third-order valence-corrected chi connectivity index (χ3v) is 3.38. The van der Waals surface area contributed by atoms with Crippen LogP contribution in [-0.4, -0.2) is 33.6 Å². The van der Waals surface area contributed by atoms with Gasteiger partial charge in [-0.3, -0.25) is 14.4 Å². The van der Waals surface area contributed by atoms with Gasteiger partial charge in [0.2, 0.25) is 0 Å². The molecule has 1 aromatic heterocycles. The van der Waals surface area contributed by atoms with Gasteiger partial charge in [-0.25, -0.2) is 0 Å². The van der Waals surface area contributed by atoms with Gasteiger partial charge in [-0.05, 0) is 19.4 Å². The number of Topliss-reactive ketones (excluding diaryl/α,β-unsaturated/α-hetero) is 1. The van der Waals surface area contributed by atoms with E-state index in [0.29, 0.717) is 18.6 Å². The van der Waals surface area contributed by atoms with Crippen molar-refractivity contribution >= 4 is 5.78 Å². The van der Waals surface area contributed by atoms with Gasteiger partial charge in [-0.15, -0.1) is 0 Å². The molecule has 1 aromatic rings. The van der Waals surface area contributed by atoms with Gasteiger partial charge in [0.1, 0.15) is 5.78 Å². The van der Waals surface area contributed by atoms with Gasteiger partial charge in [0, 0.05) is 39.0 Å². The van der Waals surface area contributed by atoms with Crippen molar-refractivity contribution < 1.29 is 4.79 Å². The van der Waals surface area contributed by atoms with E-state index in [1.54, 1.807) is 0 Å². The first-order valence-corrected chi connectivity index (χ1v) is 6.52. The standard InChI is InChI=1S/C13H21N3O/c1-3-11-9-12(16(4-2)14-11)10-15-7-5-13(17)6-8-15/h9H,3-8,10H2,1-2H3. The van der Waals surface area contributed by atoms with Gasteiger partial charge in [0.15, 0.2) is 0 Å². The number of carbonyl (C=O) groups excluding carboxylic acids is 1. The summed E-state index contributed by atoms with van der Waals surface area (Å²) in [6.07, 6.45) is 2.40. The van der Waals surface area contributed by atoms with E-state index in [-0.39, 0.29) is 0 Å². The fourth-order valence-electron chi connectivity index (χ4n) is 2.28. The molecule has 94 valence electrons. The van der Waals surface area contributed by atoms with Crippen LogP contribution in [0.4, 0.5) is 0 Å². The lowest BCUT2D eigenvalue weighted by Crippen LogP contribution is -2.33. The fourth-order valence-corrected chi connectivity index (χ4v) is 2.28. The Balaban J connectivity index is 2.02. The van der Waals surface area contributed by atoms with Crippen molar-refractivity contribution in [2.75, 3.05) is 13.1 Å². The van der Waals surface area contributed by atoms with E-state index < -0.39 is 0 Å². The second-order valence-electron chi connectivity index (χ2n) is 4.61. The second kappa shape index (κ2) is 5.45. The Morgan fingerprint density at radius 1 is 1.29 bits per heavy atom. The van der Waals surface area contributed by atoms with Gasteiger partial charge in [0.05, 0.1) is 11.4 Å². The van der Waals surface area contributed by atoms with Gasteiger partial charge < -0.3 is 0 Å². The van der Waals surface area contributed by atoms with Crippen molar-refractivity contribution in [2.45, 2.75) is 46.2 Å². The summed E-state index contributed by atoms with van der Waals surface area (Å²) in [6, 6.07) is 2.19. The number of carbonyl (C=O) groups is 1. The third-order valence-electron chi connectivity index (χ3n) is 3.38. The minimum absolute atomic E-state index is 0.402. The van der Waals surface area contributed by atoms with Crippen molar-refractivity contribution in [2.24, 2.45) is 0 Å². The lowest BCUT2D eigenvalue weighted by atomic mass is 10.1. The number of piperidine rings is 1. The fraction of sp³-hybridized carbons (Fsp3) is 0.692. The molecule has 1 aliphatic rings. The van der Waals surface area contributed by atoms with Crippen molar-refractivity contribution in [1.82, 2.24) is 14.7 Å². The Bertz CT molecular complexity index is 387. The molecule has 0 aliphatic carbocycles. The summed E-state index contributed by atoms with van der Waals surface area (Å²) >= 11 is 0. The second-order valence-corrected chi connectivity index (χ2v) is 4.61. The highest BCUT2D eigenvalue weighted by molar-refractivity contribution is 5.79. The van der Waals surface area contributed by atoms with Crippen LogP contribution in [0.15, 0.2) is 6.07 Å². The average Bonchev–Trinajstić information content (AvgIpc) is 2.74. The number of ketones is 1. The first-order valence-electron chi connectivity index (χ1n) is 6.52. The molecular formula is C13H21N3O. The summed E-state index contributed by atoms with van der Waals surface area (Å²) < 4.78 is 2.08. The smallest absolute Gasteiger partial charge is 0.135 e. The van der Waals surface area contributed by atoms with Crippen LogP contribution < -0.4 is 0 Å². The molecule has 4 nitrogen and oxygen atoms in total. The highest BCUT2D eigenvalue weighted by Gasteiger charge is 2.17. The molecular weight excluding hydrogens is 214 g/mol. The van der Waals surface area contributed by atoms with Gasteiger partial charge in [-0.2, -0.15) is 5.10 Å². The van der Waals surface area contributed by atoms with Crippen LogP contribution in [0.1, 0.15) is 38.1 Å². The molecule has 1 fully saturated rings. The monoisotopic (exact) mass is 235 g/mol. The zero-order valence-corrected chi connectivity index (χ0v) is 10.8. The van der Waals surface area contributed by atoms with E-state index in [1.807, 2.05) is 0 Å². The normalized spacial score (nSPS) is 17.6. The summed E-state index contributed by atoms with van der Waals surface area (Å²) in [4.78, 5) is 13.5. The number of aromatic nitrogens is 2. The molecule has 17 heavy (non-hydrogen) atoms. The summed E-state index contributed by atoms with van der Waals surface area (Å²) in [5, 5.41) is 4.55. The summed E-state index contributed by atoms with van der Waals surface area (Å²) in [5.41, 5.74) is 2.44. The van der Waals surface area contributed by atoms with Crippen molar-refractivity contribution in [3.63, 3.8) is 0 Å². The van der Waals surface area contributed by atoms with Crippen molar-refractivity contribution in [3.8, 4) is 0 Å². The van der Waals surface area contributed by atoms with Gasteiger partial charge >= 0.3 is 0 Å². The molecule has 2 rings (SSSR count). The average molecular weight is 235 g/mol. The van der Waals surface area contributed by atoms with E-state index in [0.717, 1.165) is 38.3 Å². The predicted octanol–water partition coefficient (Wildman–Crippen LogP) is 1.63. The summed E-state index contributed by atoms with van der Waals surface area (Å²) in [6.45, 7) is 7.89. The summed E-state index contributed by atoms with van der Waals surface area (Å²) in [7, 11) is 0. The number of aryl methyl sites for hydroxylation is 2. The lowest BCUT2D eigenvalue weighted by molar-refractivity contribution is -0.121. The van der Waals surface area contributed by atoms with Crippen LogP contribution in [0.5, 0.6) is 0 Å². The Labute approximate surface area is 103 Å². The Kier molecular flexibility index (Phi) is 3.94. The largest absolute Gasteiger partial charge is 0.300 e. The number of rotatable bonds is 4. The Hall–Kier alpha value is -1.16. The molecule has 0 N–H and O–H groups in total. The molecule has 0 amide bonds. The molecule has 0 saturated carbocycles. The summed E-state index contributed by atoms with van der Waals surface area (Å²) in [5.74, 6) is 0.402. The van der Waals surface area contributed by atoms with Crippen LogP contribution in [-0.2, 0) is 24.3 Å². The maximum atomic E-state index is 11.2. The molecule has 0 atom stereocenters. The molecule has 2 heterocycles. The molecule has 0 bridgehead atoms. The van der Waals surface area contributed by atoms with E-state index in [2.05, 4.69) is 34.6 Å². The Morgan fingerprint density at radius 2 is 2.00 bits per heavy atom. The van der Waals surface area contributed by atoms with E-state index in [4.69, 9.17) is 0 Å². The SMILES string of the molecule is CCc1cc(CN2CCC(=O)CC2)n(CC)n1. The zero-order valence-electron chi connectivity index (χ0n) is 10.8. The van der Waals surface area contributed by atoms with Gasteiger partial charge in [0.25, 0.3) is 0 Å². The Morgan fingerprint density at radius 3 is 2.59 bits per heavy atom. The highest BCUT2D eigenvalue weighted by atomic mass is 16.1. The molecule has 0 aromatic carbocycles. The number of hydrogen-bond acceptors (Lipinski definition) is 3. The molecule has 1 aliphatic heterocycles.